The van der Waals surface area contributed by atoms with Gasteiger partial charge in [0.25, 0.3) is 0 Å². The molecule has 0 spiro atoms. The molecule has 5 nitrogen and oxygen atoms in total. The number of nitrogens with one attached hydrogen (secondary N) is 1. The van der Waals surface area contributed by atoms with E-state index in [1.807, 2.05) is 4.90 Å². The van der Waals surface area contributed by atoms with Crippen LogP contribution in [0.2, 0.25) is 0 Å². The number of amides is 1. The number of hydrogen-bond acceptors (Lipinski definition) is 3. The fraction of sp³-hybridized carbons (Fsp3) is 0.833. The second-order valence-electron chi connectivity index (χ2n) is 5.58. The highest BCUT2D eigenvalue weighted by Gasteiger charge is 2.48. The van der Waals surface area contributed by atoms with Gasteiger partial charge in [-0.15, -0.1) is 0 Å². The van der Waals surface area contributed by atoms with Gasteiger partial charge < -0.3 is 15.3 Å². The van der Waals surface area contributed by atoms with Gasteiger partial charge in [0.15, 0.2) is 0 Å². The van der Waals surface area contributed by atoms with E-state index in [0.29, 0.717) is 18.3 Å². The van der Waals surface area contributed by atoms with Crippen LogP contribution in [0.1, 0.15) is 6.42 Å². The molecule has 3 rings (SSSR count). The average Bonchev–Trinajstić information content (AvgIpc) is 2.78. The molecule has 0 aromatic carbocycles. The Morgan fingerprint density at radius 1 is 1.14 bits per heavy atom. The van der Waals surface area contributed by atoms with Crippen molar-refractivity contribution in [1.29, 1.82) is 0 Å². The lowest BCUT2D eigenvalue weighted by Gasteiger charge is -2.16. The standard InChI is InChI=1S/C10H15FN2O.C2HF3O2/c11-9-1-8(9)10(14)13-4-6-2-12-3-7(6)5-13;3-2(4,5)1(6)7/h6-9,12H,1-5H2;(H,6,7)/t6?,7?,8-,9+;/m1./s1. The molecule has 2 aliphatic heterocycles. The van der Waals surface area contributed by atoms with E-state index in [9.17, 15) is 22.4 Å². The van der Waals surface area contributed by atoms with E-state index in [0.717, 1.165) is 26.2 Å². The van der Waals surface area contributed by atoms with Gasteiger partial charge in [-0.05, 0) is 18.3 Å². The number of alkyl halides is 4. The van der Waals surface area contributed by atoms with E-state index in [1.165, 1.54) is 0 Å². The van der Waals surface area contributed by atoms with Gasteiger partial charge in [0.1, 0.15) is 6.17 Å². The topological polar surface area (TPSA) is 69.6 Å². The van der Waals surface area contributed by atoms with E-state index in [-0.39, 0.29) is 11.8 Å². The summed E-state index contributed by atoms with van der Waals surface area (Å²) in [7, 11) is 0. The normalized spacial score (nSPS) is 34.0. The smallest absolute Gasteiger partial charge is 0.475 e. The molecular formula is C12H16F4N2O3. The quantitative estimate of drug-likeness (QED) is 0.698. The molecule has 9 heteroatoms. The zero-order valence-electron chi connectivity index (χ0n) is 11.1. The van der Waals surface area contributed by atoms with Crippen molar-refractivity contribution in [2.45, 2.75) is 18.8 Å². The van der Waals surface area contributed by atoms with Crippen molar-refractivity contribution in [3.8, 4) is 0 Å². The lowest BCUT2D eigenvalue weighted by atomic mass is 10.0. The molecule has 0 radical (unpaired) electrons. The summed E-state index contributed by atoms with van der Waals surface area (Å²) in [4.78, 5) is 22.5. The molecule has 0 aromatic rings. The third-order valence-electron chi connectivity index (χ3n) is 3.97. The van der Waals surface area contributed by atoms with Gasteiger partial charge in [-0.2, -0.15) is 13.2 Å². The van der Waals surface area contributed by atoms with E-state index in [4.69, 9.17) is 9.90 Å². The van der Waals surface area contributed by atoms with Crippen molar-refractivity contribution in [2.24, 2.45) is 17.8 Å². The van der Waals surface area contributed by atoms with Crippen LogP contribution in [0.3, 0.4) is 0 Å². The third-order valence-corrected chi connectivity index (χ3v) is 3.97. The van der Waals surface area contributed by atoms with Crippen molar-refractivity contribution in [3.05, 3.63) is 0 Å². The first-order valence-electron chi connectivity index (χ1n) is 6.64. The van der Waals surface area contributed by atoms with Crippen LogP contribution in [0.4, 0.5) is 17.6 Å². The molecule has 2 unspecified atom stereocenters. The second kappa shape index (κ2) is 5.78. The largest absolute Gasteiger partial charge is 0.490 e. The van der Waals surface area contributed by atoms with Crippen molar-refractivity contribution in [1.82, 2.24) is 10.2 Å². The second-order valence-corrected chi connectivity index (χ2v) is 5.58. The molecule has 120 valence electrons. The zero-order chi connectivity index (χ0) is 15.8. The van der Waals surface area contributed by atoms with E-state index in [1.54, 1.807) is 0 Å². The summed E-state index contributed by atoms with van der Waals surface area (Å²) in [6.07, 6.45) is -5.47. The molecule has 4 atom stereocenters. The average molecular weight is 312 g/mol. The monoisotopic (exact) mass is 312 g/mol. The molecular weight excluding hydrogens is 296 g/mol. The molecule has 0 aromatic heterocycles. The van der Waals surface area contributed by atoms with Gasteiger partial charge >= 0.3 is 12.1 Å². The minimum absolute atomic E-state index is 0.0619. The van der Waals surface area contributed by atoms with Crippen LogP contribution in [0, 0.1) is 17.8 Å². The molecule has 3 fully saturated rings. The molecule has 3 aliphatic rings. The Labute approximate surface area is 118 Å². The molecule has 21 heavy (non-hydrogen) atoms. The van der Waals surface area contributed by atoms with Crippen LogP contribution in [-0.2, 0) is 9.59 Å². The van der Waals surface area contributed by atoms with Crippen LogP contribution in [0.15, 0.2) is 0 Å². The number of hydrogen-bond donors (Lipinski definition) is 2. The third kappa shape index (κ3) is 3.84. The molecule has 1 aliphatic carbocycles. The zero-order valence-corrected chi connectivity index (χ0v) is 11.1. The summed E-state index contributed by atoms with van der Waals surface area (Å²) in [6, 6.07) is 0. The highest BCUT2D eigenvalue weighted by Crippen LogP contribution is 2.37. The minimum atomic E-state index is -5.08. The Morgan fingerprint density at radius 3 is 1.90 bits per heavy atom. The summed E-state index contributed by atoms with van der Waals surface area (Å²) >= 11 is 0. The number of nitrogens with zero attached hydrogens (tertiary/aromatic N) is 1. The molecule has 2 saturated heterocycles. The van der Waals surface area contributed by atoms with Gasteiger partial charge in [-0.3, -0.25) is 4.79 Å². The maximum absolute atomic E-state index is 12.7. The highest BCUT2D eigenvalue weighted by molar-refractivity contribution is 5.82. The summed E-state index contributed by atoms with van der Waals surface area (Å²) < 4.78 is 44.4. The van der Waals surface area contributed by atoms with Gasteiger partial charge in [-0.25, -0.2) is 9.18 Å². The van der Waals surface area contributed by atoms with Crippen molar-refractivity contribution >= 4 is 11.9 Å². The number of carboxylic acids is 1. The van der Waals surface area contributed by atoms with Crippen LogP contribution >= 0.6 is 0 Å². The van der Waals surface area contributed by atoms with Gasteiger partial charge in [-0.1, -0.05) is 0 Å². The van der Waals surface area contributed by atoms with E-state index in [2.05, 4.69) is 5.32 Å². The van der Waals surface area contributed by atoms with E-state index >= 15 is 0 Å². The van der Waals surface area contributed by atoms with E-state index < -0.39 is 18.3 Å². The molecule has 1 saturated carbocycles. The Bertz CT molecular complexity index is 417. The summed E-state index contributed by atoms with van der Waals surface area (Å²) in [5, 5.41) is 10.5. The maximum atomic E-state index is 12.7. The lowest BCUT2D eigenvalue weighted by molar-refractivity contribution is -0.192. The number of fused-ring (bicyclic) bond motifs is 1. The van der Waals surface area contributed by atoms with Crippen LogP contribution < -0.4 is 5.32 Å². The number of carboxylic acid groups (broad SMARTS) is 1. The summed E-state index contributed by atoms with van der Waals surface area (Å²) in [5.41, 5.74) is 0. The number of carbonyl (C=O) groups is 2. The first kappa shape index (κ1) is 16.0. The number of aliphatic carboxylic acids is 1. The van der Waals surface area contributed by atoms with Crippen LogP contribution in [-0.4, -0.2) is 60.4 Å². The molecule has 2 N–H and O–H groups in total. The molecule has 0 bridgehead atoms. The Morgan fingerprint density at radius 2 is 1.57 bits per heavy atom. The fourth-order valence-corrected chi connectivity index (χ4v) is 2.69. The van der Waals surface area contributed by atoms with Crippen molar-refractivity contribution in [3.63, 3.8) is 0 Å². The highest BCUT2D eigenvalue weighted by atomic mass is 19.4. The first-order valence-corrected chi connectivity index (χ1v) is 6.64. The van der Waals surface area contributed by atoms with Gasteiger partial charge in [0.2, 0.25) is 5.91 Å². The molecule has 1 amide bonds. The minimum Gasteiger partial charge on any atom is -0.475 e. The lowest BCUT2D eigenvalue weighted by Crippen LogP contribution is -2.33. The van der Waals surface area contributed by atoms with Crippen LogP contribution in [0.5, 0.6) is 0 Å². The summed E-state index contributed by atoms with van der Waals surface area (Å²) in [6.45, 7) is 3.75. The Hall–Kier alpha value is -1.38. The summed E-state index contributed by atoms with van der Waals surface area (Å²) in [5.74, 6) is -1.74. The fourth-order valence-electron chi connectivity index (χ4n) is 2.69. The van der Waals surface area contributed by atoms with Gasteiger partial charge in [0.05, 0.1) is 5.92 Å². The number of halogens is 4. The SMILES string of the molecule is O=C(O)C(F)(F)F.O=C([C@@H]1C[C@@H]1F)N1CC2CNCC2C1. The predicted octanol–water partition coefficient (Wildman–Crippen LogP) is 0.655. The predicted molar refractivity (Wildman–Crippen MR) is 63.1 cm³/mol. The van der Waals surface area contributed by atoms with Crippen LogP contribution in [0.25, 0.3) is 0 Å². The maximum Gasteiger partial charge on any atom is 0.490 e. The number of carbonyl (C=O) groups excluding carboxylic acids is 1. The van der Waals surface area contributed by atoms with Crippen molar-refractivity contribution in [2.75, 3.05) is 26.2 Å². The number of rotatable bonds is 1. The van der Waals surface area contributed by atoms with Crippen molar-refractivity contribution < 1.29 is 32.3 Å². The molecule has 2 heterocycles. The van der Waals surface area contributed by atoms with Gasteiger partial charge in [0, 0.05) is 26.2 Å². The Balaban J connectivity index is 0.000000199. The number of likely N-dealkylation sites (tertiary alicyclic amines) is 1. The first-order chi connectivity index (χ1) is 9.70. The Kier molecular flexibility index (Phi) is 4.40.